The Hall–Kier alpha value is -2.03. The van der Waals surface area contributed by atoms with Gasteiger partial charge in [-0.25, -0.2) is 0 Å². The fourth-order valence-corrected chi connectivity index (χ4v) is 4.96. The molecule has 0 radical (unpaired) electrons. The molecule has 4 atom stereocenters. The van der Waals surface area contributed by atoms with Crippen LogP contribution in [0.1, 0.15) is 51.9 Å². The second-order valence-electron chi connectivity index (χ2n) is 8.48. The van der Waals surface area contributed by atoms with Crippen LogP contribution >= 0.6 is 0 Å². The van der Waals surface area contributed by atoms with Crippen LogP contribution in [-0.4, -0.2) is 32.2 Å². The van der Waals surface area contributed by atoms with Crippen molar-refractivity contribution in [2.24, 2.45) is 29.1 Å². The minimum atomic E-state index is -1.10. The van der Waals surface area contributed by atoms with Crippen LogP contribution < -0.4 is 0 Å². The van der Waals surface area contributed by atoms with E-state index in [4.69, 9.17) is 4.74 Å². The van der Waals surface area contributed by atoms with Crippen molar-refractivity contribution < 1.29 is 4.74 Å². The van der Waals surface area contributed by atoms with E-state index in [0.717, 1.165) is 6.42 Å². The number of hydrogen-bond acceptors (Lipinski definition) is 5. The van der Waals surface area contributed by atoms with E-state index >= 15 is 0 Å². The van der Waals surface area contributed by atoms with Crippen molar-refractivity contribution in [1.29, 1.82) is 15.8 Å². The van der Waals surface area contributed by atoms with Gasteiger partial charge in [-0.15, -0.1) is 0 Å². The Balaban J connectivity index is 2.49. The summed E-state index contributed by atoms with van der Waals surface area (Å²) < 4.78 is 5.99. The molecule has 2 rings (SSSR count). The van der Waals surface area contributed by atoms with Gasteiger partial charge < -0.3 is 9.64 Å². The summed E-state index contributed by atoms with van der Waals surface area (Å²) >= 11 is 0. The summed E-state index contributed by atoms with van der Waals surface area (Å²) in [5.74, 6) is -0.394. The van der Waals surface area contributed by atoms with E-state index < -0.39 is 11.3 Å². The molecule has 2 aliphatic carbocycles. The second-order valence-corrected chi connectivity index (χ2v) is 8.48. The molecule has 5 heteroatoms. The van der Waals surface area contributed by atoms with Crippen LogP contribution in [-0.2, 0) is 4.74 Å². The molecule has 5 nitrogen and oxygen atoms in total. The first kappa shape index (κ1) is 21.3. The van der Waals surface area contributed by atoms with Gasteiger partial charge in [0, 0.05) is 32.8 Å². The number of allylic oxidation sites excluding steroid dienone is 1. The first-order chi connectivity index (χ1) is 12.9. The molecule has 27 heavy (non-hydrogen) atoms. The molecule has 0 aromatic carbocycles. The Morgan fingerprint density at radius 2 is 1.70 bits per heavy atom. The predicted octanol–water partition coefficient (Wildman–Crippen LogP) is 4.25. The number of nitrogens with zero attached hydrogens (tertiary/aromatic N) is 4. The number of rotatable bonds is 5. The highest BCUT2D eigenvalue weighted by Gasteiger charge is 2.50. The topological polar surface area (TPSA) is 83.8 Å². The van der Waals surface area contributed by atoms with Crippen molar-refractivity contribution in [1.82, 2.24) is 4.90 Å². The molecule has 146 valence electrons. The van der Waals surface area contributed by atoms with Gasteiger partial charge in [0.15, 0.2) is 5.92 Å². The monoisotopic (exact) mass is 368 g/mol. The standard InChI is InChI=1S/C22H32N4O/c1-22(15-25,17(13-23)14-24)20-12-18(26(2)3)11-19(21(20)27-4)16-9-7-5-6-8-10-16/h12,16-17,19-21H,5-11H2,1-4H3/t19?,20?,21?,22-/m1/s1. The predicted molar refractivity (Wildman–Crippen MR) is 104 cm³/mol. The Morgan fingerprint density at radius 3 is 2.15 bits per heavy atom. The maximum atomic E-state index is 10.00. The van der Waals surface area contributed by atoms with E-state index in [-0.39, 0.29) is 12.0 Å². The molecule has 0 aromatic rings. The van der Waals surface area contributed by atoms with Gasteiger partial charge in [0.25, 0.3) is 0 Å². The smallest absolute Gasteiger partial charge is 0.152 e. The number of methoxy groups -OCH3 is 1. The molecule has 1 saturated carbocycles. The van der Waals surface area contributed by atoms with E-state index in [2.05, 4.69) is 29.2 Å². The van der Waals surface area contributed by atoms with E-state index in [1.807, 2.05) is 14.1 Å². The van der Waals surface area contributed by atoms with Crippen LogP contribution in [0.25, 0.3) is 0 Å². The molecule has 1 fully saturated rings. The number of nitriles is 3. The minimum absolute atomic E-state index is 0.148. The van der Waals surface area contributed by atoms with E-state index in [1.165, 1.54) is 44.2 Å². The van der Waals surface area contributed by atoms with Gasteiger partial charge >= 0.3 is 0 Å². The van der Waals surface area contributed by atoms with Crippen LogP contribution in [0.4, 0.5) is 0 Å². The molecule has 0 spiro atoms. The van der Waals surface area contributed by atoms with Crippen molar-refractivity contribution in [3.05, 3.63) is 11.8 Å². The molecule has 0 amide bonds. The molecule has 0 bridgehead atoms. The Kier molecular flexibility index (Phi) is 7.29. The SMILES string of the molecule is COC1C(C2CCCCCC2)CC(N(C)C)=CC1[C@](C)(C#N)C(C#N)C#N. The van der Waals surface area contributed by atoms with Crippen molar-refractivity contribution >= 4 is 0 Å². The fraction of sp³-hybridized carbons (Fsp3) is 0.773. The van der Waals surface area contributed by atoms with Crippen LogP contribution in [0.2, 0.25) is 0 Å². The van der Waals surface area contributed by atoms with Gasteiger partial charge in [-0.05, 0) is 25.2 Å². The Bertz CT molecular complexity index is 643. The molecular formula is C22H32N4O. The Morgan fingerprint density at radius 1 is 1.11 bits per heavy atom. The molecule has 0 aliphatic heterocycles. The molecular weight excluding hydrogens is 336 g/mol. The highest BCUT2D eigenvalue weighted by molar-refractivity contribution is 5.25. The average Bonchev–Trinajstić information content (AvgIpc) is 2.96. The number of hydrogen-bond donors (Lipinski definition) is 0. The van der Waals surface area contributed by atoms with Gasteiger partial charge in [0.05, 0.1) is 29.7 Å². The summed E-state index contributed by atoms with van der Waals surface area (Å²) in [5, 5.41) is 29.0. The molecule has 0 aromatic heterocycles. The molecule has 0 N–H and O–H groups in total. The van der Waals surface area contributed by atoms with E-state index in [1.54, 1.807) is 14.0 Å². The summed E-state index contributed by atoms with van der Waals surface area (Å²) in [5.41, 5.74) is 0.0770. The van der Waals surface area contributed by atoms with Gasteiger partial charge in [0.2, 0.25) is 0 Å². The Labute approximate surface area is 164 Å². The maximum Gasteiger partial charge on any atom is 0.152 e. The van der Waals surface area contributed by atoms with Crippen molar-refractivity contribution in [3.63, 3.8) is 0 Å². The third-order valence-electron chi connectivity index (χ3n) is 6.74. The highest BCUT2D eigenvalue weighted by Crippen LogP contribution is 2.48. The zero-order valence-corrected chi connectivity index (χ0v) is 17.1. The lowest BCUT2D eigenvalue weighted by Gasteiger charge is -2.46. The zero-order chi connectivity index (χ0) is 20.0. The van der Waals surface area contributed by atoms with Crippen LogP contribution in [0.15, 0.2) is 11.8 Å². The first-order valence-electron chi connectivity index (χ1n) is 10.0. The van der Waals surface area contributed by atoms with Gasteiger partial charge in [-0.2, -0.15) is 15.8 Å². The maximum absolute atomic E-state index is 10.00. The van der Waals surface area contributed by atoms with Crippen LogP contribution in [0, 0.1) is 63.1 Å². The minimum Gasteiger partial charge on any atom is -0.381 e. The van der Waals surface area contributed by atoms with E-state index in [0.29, 0.717) is 11.8 Å². The molecule has 2 aliphatic rings. The summed E-state index contributed by atoms with van der Waals surface area (Å²) in [6.45, 7) is 1.75. The van der Waals surface area contributed by atoms with Gasteiger partial charge in [0.1, 0.15) is 0 Å². The van der Waals surface area contributed by atoms with Gasteiger partial charge in [-0.3, -0.25) is 0 Å². The molecule has 3 unspecified atom stereocenters. The average molecular weight is 369 g/mol. The lowest BCUT2D eigenvalue weighted by molar-refractivity contribution is -0.0438. The second kappa shape index (κ2) is 9.25. The lowest BCUT2D eigenvalue weighted by atomic mass is 9.61. The molecule has 0 heterocycles. The normalized spacial score (nSPS) is 28.8. The summed E-state index contributed by atoms with van der Waals surface area (Å²) in [4.78, 5) is 2.11. The van der Waals surface area contributed by atoms with Crippen LogP contribution in [0.3, 0.4) is 0 Å². The van der Waals surface area contributed by atoms with E-state index in [9.17, 15) is 15.8 Å². The third-order valence-corrected chi connectivity index (χ3v) is 6.74. The first-order valence-corrected chi connectivity index (χ1v) is 10.0. The summed E-state index contributed by atoms with van der Waals surface area (Å²) in [7, 11) is 5.76. The third kappa shape index (κ3) is 4.28. The van der Waals surface area contributed by atoms with Gasteiger partial charge in [-0.1, -0.05) is 44.6 Å². The lowest BCUT2D eigenvalue weighted by Crippen LogP contribution is -2.48. The van der Waals surface area contributed by atoms with Crippen molar-refractivity contribution in [2.75, 3.05) is 21.2 Å². The quantitative estimate of drug-likeness (QED) is 0.677. The highest BCUT2D eigenvalue weighted by atomic mass is 16.5. The summed E-state index contributed by atoms with van der Waals surface area (Å²) in [6.07, 6.45) is 10.3. The van der Waals surface area contributed by atoms with Crippen molar-refractivity contribution in [3.8, 4) is 18.2 Å². The fourth-order valence-electron chi connectivity index (χ4n) is 4.96. The number of ether oxygens (including phenoxy) is 1. The summed E-state index contributed by atoms with van der Waals surface area (Å²) in [6, 6.07) is 6.42. The zero-order valence-electron chi connectivity index (χ0n) is 17.1. The largest absolute Gasteiger partial charge is 0.381 e. The van der Waals surface area contributed by atoms with Crippen molar-refractivity contribution in [2.45, 2.75) is 58.0 Å². The molecule has 0 saturated heterocycles. The van der Waals surface area contributed by atoms with Crippen LogP contribution in [0.5, 0.6) is 0 Å².